The van der Waals surface area contributed by atoms with Crippen LogP contribution in [0.5, 0.6) is 0 Å². The average molecular weight is 322 g/mol. The van der Waals surface area contributed by atoms with E-state index in [1.807, 2.05) is 58.7 Å². The molecule has 0 aromatic carbocycles. The number of rotatable bonds is 4. The Hall–Kier alpha value is -2.67. The molecule has 0 saturated heterocycles. The Morgan fingerprint density at radius 3 is 2.91 bits per heavy atom. The maximum absolute atomic E-state index is 4.60. The smallest absolute Gasteiger partial charge is 0.191 e. The zero-order chi connectivity index (χ0) is 15.6. The number of hydrogen-bond acceptors (Lipinski definition) is 5. The normalized spacial score (nSPS) is 11.2. The summed E-state index contributed by atoms with van der Waals surface area (Å²) in [5.41, 5.74) is 2.94. The summed E-state index contributed by atoms with van der Waals surface area (Å²) in [6, 6.07) is 9.86. The zero-order valence-electron chi connectivity index (χ0n) is 12.5. The van der Waals surface area contributed by atoms with Gasteiger partial charge in [-0.1, -0.05) is 17.8 Å². The predicted octanol–water partition coefficient (Wildman–Crippen LogP) is 2.82. The molecule has 0 unspecified atom stereocenters. The van der Waals surface area contributed by atoms with E-state index in [0.717, 1.165) is 33.6 Å². The Labute approximate surface area is 137 Å². The molecule has 0 spiro atoms. The van der Waals surface area contributed by atoms with E-state index >= 15 is 0 Å². The summed E-state index contributed by atoms with van der Waals surface area (Å²) >= 11 is 1.62. The predicted molar refractivity (Wildman–Crippen MR) is 89.0 cm³/mol. The molecule has 0 aliphatic rings. The Kier molecular flexibility index (Phi) is 3.55. The first-order valence-electron chi connectivity index (χ1n) is 7.16. The Balaban J connectivity index is 1.54. The van der Waals surface area contributed by atoms with Crippen molar-refractivity contribution < 1.29 is 0 Å². The van der Waals surface area contributed by atoms with Crippen LogP contribution in [0.15, 0.2) is 60.3 Å². The molecule has 7 heteroatoms. The van der Waals surface area contributed by atoms with Crippen LogP contribution in [0.4, 0.5) is 0 Å². The van der Waals surface area contributed by atoms with Gasteiger partial charge in [-0.3, -0.25) is 4.98 Å². The minimum atomic E-state index is 0.751. The van der Waals surface area contributed by atoms with Gasteiger partial charge in [-0.2, -0.15) is 0 Å². The van der Waals surface area contributed by atoms with E-state index in [1.54, 1.807) is 24.2 Å². The summed E-state index contributed by atoms with van der Waals surface area (Å²) < 4.78 is 4.01. The molecule has 0 atom stereocenters. The summed E-state index contributed by atoms with van der Waals surface area (Å²) in [6.07, 6.45) is 7.58. The first kappa shape index (κ1) is 14.0. The largest absolute Gasteiger partial charge is 0.307 e. The van der Waals surface area contributed by atoms with Crippen molar-refractivity contribution in [2.75, 3.05) is 0 Å². The third-order valence-corrected chi connectivity index (χ3v) is 4.57. The molecule has 23 heavy (non-hydrogen) atoms. The molecule has 0 fully saturated rings. The van der Waals surface area contributed by atoms with Crippen LogP contribution in [-0.4, -0.2) is 29.1 Å². The van der Waals surface area contributed by atoms with Crippen molar-refractivity contribution in [3.05, 3.63) is 60.8 Å². The van der Waals surface area contributed by atoms with Crippen LogP contribution in [0, 0.1) is 0 Å². The molecule has 4 aromatic heterocycles. The third-order valence-electron chi connectivity index (χ3n) is 3.52. The van der Waals surface area contributed by atoms with Crippen LogP contribution in [0.3, 0.4) is 0 Å². The fourth-order valence-corrected chi connectivity index (χ4v) is 3.18. The van der Waals surface area contributed by atoms with Gasteiger partial charge in [0, 0.05) is 43.2 Å². The van der Waals surface area contributed by atoms with Gasteiger partial charge < -0.3 is 8.97 Å². The van der Waals surface area contributed by atoms with Crippen molar-refractivity contribution in [2.24, 2.45) is 7.05 Å². The molecule has 0 N–H and O–H groups in total. The van der Waals surface area contributed by atoms with Gasteiger partial charge in [-0.25, -0.2) is 4.98 Å². The van der Waals surface area contributed by atoms with Crippen molar-refractivity contribution in [3.63, 3.8) is 0 Å². The molecule has 4 rings (SSSR count). The monoisotopic (exact) mass is 322 g/mol. The lowest BCUT2D eigenvalue weighted by Gasteiger charge is -2.02. The van der Waals surface area contributed by atoms with Gasteiger partial charge in [0.05, 0.1) is 5.69 Å². The SMILES string of the molecule is Cn1c(SCc2cn3ccccc3n2)nnc1-c1cccnc1. The summed E-state index contributed by atoms with van der Waals surface area (Å²) in [5.74, 6) is 1.57. The van der Waals surface area contributed by atoms with Gasteiger partial charge in [0.2, 0.25) is 0 Å². The maximum atomic E-state index is 4.60. The first-order valence-corrected chi connectivity index (χ1v) is 8.15. The standard InChI is InChI=1S/C16H14N6S/c1-21-15(12-5-4-7-17-9-12)19-20-16(21)23-11-13-10-22-8-3-2-6-14(22)18-13/h2-10H,11H2,1H3. The summed E-state index contributed by atoms with van der Waals surface area (Å²) in [4.78, 5) is 8.73. The van der Waals surface area contributed by atoms with E-state index < -0.39 is 0 Å². The zero-order valence-corrected chi connectivity index (χ0v) is 13.3. The van der Waals surface area contributed by atoms with E-state index in [2.05, 4.69) is 20.2 Å². The molecule has 0 radical (unpaired) electrons. The second kappa shape index (κ2) is 5.85. The number of nitrogens with zero attached hydrogens (tertiary/aromatic N) is 6. The van der Waals surface area contributed by atoms with Crippen molar-refractivity contribution in [2.45, 2.75) is 10.9 Å². The van der Waals surface area contributed by atoms with Gasteiger partial charge in [0.1, 0.15) is 5.65 Å². The van der Waals surface area contributed by atoms with Gasteiger partial charge >= 0.3 is 0 Å². The molecule has 4 aromatic rings. The molecule has 0 bridgehead atoms. The first-order chi connectivity index (χ1) is 11.3. The fourth-order valence-electron chi connectivity index (χ4n) is 2.38. The van der Waals surface area contributed by atoms with Crippen molar-refractivity contribution in [3.8, 4) is 11.4 Å². The second-order valence-corrected chi connectivity index (χ2v) is 6.04. The highest BCUT2D eigenvalue weighted by molar-refractivity contribution is 7.98. The van der Waals surface area contributed by atoms with Crippen molar-refractivity contribution in [1.82, 2.24) is 29.1 Å². The molecule has 4 heterocycles. The number of imidazole rings is 1. The number of thioether (sulfide) groups is 1. The van der Waals surface area contributed by atoms with E-state index in [1.165, 1.54) is 0 Å². The highest BCUT2D eigenvalue weighted by atomic mass is 32.2. The minimum absolute atomic E-state index is 0.751. The quantitative estimate of drug-likeness (QED) is 0.541. The summed E-state index contributed by atoms with van der Waals surface area (Å²) in [7, 11) is 1.97. The van der Waals surface area contributed by atoms with Crippen molar-refractivity contribution >= 4 is 17.4 Å². The molecule has 0 aliphatic carbocycles. The Morgan fingerprint density at radius 1 is 1.13 bits per heavy atom. The number of hydrogen-bond donors (Lipinski definition) is 0. The summed E-state index contributed by atoms with van der Waals surface area (Å²) in [6.45, 7) is 0. The van der Waals surface area contributed by atoms with Crippen molar-refractivity contribution in [1.29, 1.82) is 0 Å². The minimum Gasteiger partial charge on any atom is -0.307 e. The molecule has 0 aliphatic heterocycles. The van der Waals surface area contributed by atoms with Crippen LogP contribution in [0.1, 0.15) is 5.69 Å². The van der Waals surface area contributed by atoms with Gasteiger partial charge in [0.25, 0.3) is 0 Å². The van der Waals surface area contributed by atoms with Crippen LogP contribution >= 0.6 is 11.8 Å². The molecule has 114 valence electrons. The molecule has 0 saturated carbocycles. The van der Waals surface area contributed by atoms with Gasteiger partial charge in [0.15, 0.2) is 11.0 Å². The van der Waals surface area contributed by atoms with E-state index in [0.29, 0.717) is 0 Å². The molecular weight excluding hydrogens is 308 g/mol. The molecule has 0 amide bonds. The number of fused-ring (bicyclic) bond motifs is 1. The highest BCUT2D eigenvalue weighted by Gasteiger charge is 2.12. The van der Waals surface area contributed by atoms with Crippen LogP contribution in [0.25, 0.3) is 17.0 Å². The lowest BCUT2D eigenvalue weighted by Crippen LogP contribution is -1.95. The third kappa shape index (κ3) is 2.70. The van der Waals surface area contributed by atoms with Gasteiger partial charge in [-0.15, -0.1) is 10.2 Å². The molecular formula is C16H14N6S. The Bertz CT molecular complexity index is 911. The lowest BCUT2D eigenvalue weighted by molar-refractivity contribution is 0.793. The summed E-state index contributed by atoms with van der Waals surface area (Å²) in [5, 5.41) is 9.40. The Morgan fingerprint density at radius 2 is 2.09 bits per heavy atom. The van der Waals surface area contributed by atoms with E-state index in [-0.39, 0.29) is 0 Å². The van der Waals surface area contributed by atoms with E-state index in [4.69, 9.17) is 0 Å². The molecule has 6 nitrogen and oxygen atoms in total. The highest BCUT2D eigenvalue weighted by Crippen LogP contribution is 2.24. The average Bonchev–Trinajstić information content (AvgIpc) is 3.17. The van der Waals surface area contributed by atoms with Crippen LogP contribution in [0.2, 0.25) is 0 Å². The topological polar surface area (TPSA) is 60.9 Å². The lowest BCUT2D eigenvalue weighted by atomic mass is 10.3. The fraction of sp³-hybridized carbons (Fsp3) is 0.125. The number of pyridine rings is 2. The van der Waals surface area contributed by atoms with Gasteiger partial charge in [-0.05, 0) is 24.3 Å². The van der Waals surface area contributed by atoms with Crippen LogP contribution < -0.4 is 0 Å². The second-order valence-electron chi connectivity index (χ2n) is 5.09. The number of aromatic nitrogens is 6. The maximum Gasteiger partial charge on any atom is 0.191 e. The van der Waals surface area contributed by atoms with Crippen LogP contribution in [-0.2, 0) is 12.8 Å². The van der Waals surface area contributed by atoms with E-state index in [9.17, 15) is 0 Å².